The summed E-state index contributed by atoms with van der Waals surface area (Å²) in [5.74, 6) is 0.0904. The fourth-order valence-corrected chi connectivity index (χ4v) is 2.21. The standard InChI is InChI=1S/C16H25N3OS/c1-6-19(7-2)15(20)11-18(5)16(21)17-14-10-12(3)8-9-13(14)4/h8-10H,6-7,11H2,1-5H3,(H,17,21). The summed E-state index contributed by atoms with van der Waals surface area (Å²) in [5.41, 5.74) is 3.29. The van der Waals surface area contributed by atoms with E-state index in [0.29, 0.717) is 11.7 Å². The number of carbonyl (C=O) groups is 1. The molecule has 1 amide bonds. The predicted molar refractivity (Wildman–Crippen MR) is 92.7 cm³/mol. The Morgan fingerprint density at radius 3 is 2.43 bits per heavy atom. The normalized spacial score (nSPS) is 10.1. The average molecular weight is 307 g/mol. The van der Waals surface area contributed by atoms with E-state index in [0.717, 1.165) is 24.3 Å². The first-order valence-electron chi connectivity index (χ1n) is 7.26. The maximum absolute atomic E-state index is 12.1. The number of nitrogens with zero attached hydrogens (tertiary/aromatic N) is 2. The third-order valence-corrected chi connectivity index (χ3v) is 3.88. The number of carbonyl (C=O) groups excluding carboxylic acids is 1. The predicted octanol–water partition coefficient (Wildman–Crippen LogP) is 2.80. The van der Waals surface area contributed by atoms with Gasteiger partial charge in [0.1, 0.15) is 0 Å². The molecule has 0 heterocycles. The zero-order chi connectivity index (χ0) is 16.0. The molecule has 0 saturated carbocycles. The van der Waals surface area contributed by atoms with E-state index in [1.54, 1.807) is 9.80 Å². The molecular weight excluding hydrogens is 282 g/mol. The quantitative estimate of drug-likeness (QED) is 0.849. The van der Waals surface area contributed by atoms with Crippen molar-refractivity contribution in [3.05, 3.63) is 29.3 Å². The fourth-order valence-electron chi connectivity index (χ4n) is 2.03. The summed E-state index contributed by atoms with van der Waals surface area (Å²) in [6.07, 6.45) is 0. The summed E-state index contributed by atoms with van der Waals surface area (Å²) in [7, 11) is 1.84. The van der Waals surface area contributed by atoms with Gasteiger partial charge in [-0.1, -0.05) is 12.1 Å². The van der Waals surface area contributed by atoms with E-state index in [-0.39, 0.29) is 5.91 Å². The molecule has 1 aromatic carbocycles. The van der Waals surface area contributed by atoms with Crippen LogP contribution < -0.4 is 5.32 Å². The molecule has 0 atom stereocenters. The molecule has 0 aliphatic carbocycles. The van der Waals surface area contributed by atoms with Crippen molar-refractivity contribution in [2.75, 3.05) is 32.0 Å². The lowest BCUT2D eigenvalue weighted by Crippen LogP contribution is -2.42. The maximum Gasteiger partial charge on any atom is 0.242 e. The van der Waals surface area contributed by atoms with E-state index in [4.69, 9.17) is 12.2 Å². The largest absolute Gasteiger partial charge is 0.343 e. The number of rotatable bonds is 5. The van der Waals surface area contributed by atoms with E-state index in [2.05, 4.69) is 23.5 Å². The molecule has 116 valence electrons. The van der Waals surface area contributed by atoms with Gasteiger partial charge in [-0.2, -0.15) is 0 Å². The molecule has 0 aliphatic rings. The molecule has 0 radical (unpaired) electrons. The third-order valence-electron chi connectivity index (χ3n) is 3.47. The van der Waals surface area contributed by atoms with E-state index in [1.165, 1.54) is 5.56 Å². The molecule has 0 bridgehead atoms. The van der Waals surface area contributed by atoms with Crippen molar-refractivity contribution >= 4 is 28.9 Å². The van der Waals surface area contributed by atoms with Crippen LogP contribution in [0, 0.1) is 13.8 Å². The number of hydrogen-bond donors (Lipinski definition) is 1. The first kappa shape index (κ1) is 17.4. The van der Waals surface area contributed by atoms with Crippen molar-refractivity contribution in [1.82, 2.24) is 9.80 Å². The fraction of sp³-hybridized carbons (Fsp3) is 0.500. The van der Waals surface area contributed by atoms with Crippen molar-refractivity contribution in [3.63, 3.8) is 0 Å². The minimum absolute atomic E-state index is 0.0904. The summed E-state index contributed by atoms with van der Waals surface area (Å²) in [6.45, 7) is 9.77. The van der Waals surface area contributed by atoms with Crippen molar-refractivity contribution in [1.29, 1.82) is 0 Å². The first-order chi connectivity index (χ1) is 9.88. The zero-order valence-corrected chi connectivity index (χ0v) is 14.4. The number of likely N-dealkylation sites (N-methyl/N-ethyl adjacent to an activating group) is 2. The van der Waals surface area contributed by atoms with Gasteiger partial charge in [0, 0.05) is 25.8 Å². The van der Waals surface area contributed by atoms with Gasteiger partial charge in [0.05, 0.1) is 6.54 Å². The number of benzene rings is 1. The lowest BCUT2D eigenvalue weighted by molar-refractivity contribution is -0.130. The highest BCUT2D eigenvalue weighted by molar-refractivity contribution is 7.80. The van der Waals surface area contributed by atoms with E-state index in [1.807, 2.05) is 34.7 Å². The Labute approximate surface area is 133 Å². The highest BCUT2D eigenvalue weighted by Gasteiger charge is 2.14. The van der Waals surface area contributed by atoms with Crippen molar-refractivity contribution in [2.24, 2.45) is 0 Å². The van der Waals surface area contributed by atoms with Crippen LogP contribution in [0.4, 0.5) is 5.69 Å². The topological polar surface area (TPSA) is 35.6 Å². The lowest BCUT2D eigenvalue weighted by Gasteiger charge is -2.25. The second kappa shape index (κ2) is 7.98. The molecule has 0 spiro atoms. The highest BCUT2D eigenvalue weighted by atomic mass is 32.1. The summed E-state index contributed by atoms with van der Waals surface area (Å²) in [5, 5.41) is 3.78. The van der Waals surface area contributed by atoms with Crippen LogP contribution in [0.2, 0.25) is 0 Å². The Balaban J connectivity index is 2.66. The number of hydrogen-bond acceptors (Lipinski definition) is 2. The van der Waals surface area contributed by atoms with Crippen molar-refractivity contribution < 1.29 is 4.79 Å². The molecule has 0 aliphatic heterocycles. The average Bonchev–Trinajstić information content (AvgIpc) is 2.44. The minimum atomic E-state index is 0.0904. The van der Waals surface area contributed by atoms with E-state index >= 15 is 0 Å². The van der Waals surface area contributed by atoms with Crippen LogP contribution in [0.15, 0.2) is 18.2 Å². The molecule has 1 N–H and O–H groups in total. The van der Waals surface area contributed by atoms with Crippen LogP contribution in [0.1, 0.15) is 25.0 Å². The van der Waals surface area contributed by atoms with Crippen molar-refractivity contribution in [3.8, 4) is 0 Å². The Hall–Kier alpha value is -1.62. The highest BCUT2D eigenvalue weighted by Crippen LogP contribution is 2.16. The maximum atomic E-state index is 12.1. The summed E-state index contributed by atoms with van der Waals surface area (Å²) in [4.78, 5) is 15.7. The zero-order valence-electron chi connectivity index (χ0n) is 13.6. The Kier molecular flexibility index (Phi) is 6.62. The summed E-state index contributed by atoms with van der Waals surface area (Å²) < 4.78 is 0. The number of thiocarbonyl (C=S) groups is 1. The molecule has 5 heteroatoms. The Morgan fingerprint density at radius 1 is 1.24 bits per heavy atom. The summed E-state index contributed by atoms with van der Waals surface area (Å²) in [6, 6.07) is 6.18. The number of amides is 1. The van der Waals surface area contributed by atoms with Gasteiger partial charge in [-0.05, 0) is 57.1 Å². The monoisotopic (exact) mass is 307 g/mol. The van der Waals surface area contributed by atoms with Crippen molar-refractivity contribution in [2.45, 2.75) is 27.7 Å². The van der Waals surface area contributed by atoms with Gasteiger partial charge >= 0.3 is 0 Å². The van der Waals surface area contributed by atoms with E-state index in [9.17, 15) is 4.79 Å². The molecule has 1 rings (SSSR count). The molecule has 4 nitrogen and oxygen atoms in total. The lowest BCUT2D eigenvalue weighted by atomic mass is 10.1. The van der Waals surface area contributed by atoms with Crippen LogP contribution in [0.25, 0.3) is 0 Å². The van der Waals surface area contributed by atoms with Crippen LogP contribution >= 0.6 is 12.2 Å². The van der Waals surface area contributed by atoms with Gasteiger partial charge in [-0.3, -0.25) is 4.79 Å². The Bertz CT molecular complexity index is 512. The minimum Gasteiger partial charge on any atom is -0.343 e. The second-order valence-corrected chi connectivity index (χ2v) is 5.56. The SMILES string of the molecule is CCN(CC)C(=O)CN(C)C(=S)Nc1cc(C)ccc1C. The molecular formula is C16H25N3OS. The Morgan fingerprint density at radius 2 is 1.86 bits per heavy atom. The molecule has 21 heavy (non-hydrogen) atoms. The molecule has 0 unspecified atom stereocenters. The number of aryl methyl sites for hydroxylation is 2. The van der Waals surface area contributed by atoms with Gasteiger partial charge in [-0.25, -0.2) is 0 Å². The molecule has 1 aromatic rings. The smallest absolute Gasteiger partial charge is 0.242 e. The van der Waals surface area contributed by atoms with Gasteiger partial charge in [-0.15, -0.1) is 0 Å². The van der Waals surface area contributed by atoms with Gasteiger partial charge in [0.2, 0.25) is 5.91 Å². The summed E-state index contributed by atoms with van der Waals surface area (Å²) >= 11 is 5.38. The number of anilines is 1. The van der Waals surface area contributed by atoms with Gasteiger partial charge in [0.25, 0.3) is 0 Å². The molecule has 0 aromatic heterocycles. The molecule has 0 saturated heterocycles. The van der Waals surface area contributed by atoms with Crippen LogP contribution in [-0.2, 0) is 4.79 Å². The molecule has 0 fully saturated rings. The first-order valence-corrected chi connectivity index (χ1v) is 7.67. The van der Waals surface area contributed by atoms with Gasteiger partial charge < -0.3 is 15.1 Å². The van der Waals surface area contributed by atoms with Crippen LogP contribution in [0.5, 0.6) is 0 Å². The third kappa shape index (κ3) is 5.01. The van der Waals surface area contributed by atoms with Gasteiger partial charge in [0.15, 0.2) is 5.11 Å². The van der Waals surface area contributed by atoms with Crippen LogP contribution in [-0.4, -0.2) is 47.5 Å². The second-order valence-electron chi connectivity index (χ2n) is 5.17. The van der Waals surface area contributed by atoms with Crippen LogP contribution in [0.3, 0.4) is 0 Å². The number of nitrogens with one attached hydrogen (secondary N) is 1. The van der Waals surface area contributed by atoms with E-state index < -0.39 is 0 Å².